The van der Waals surface area contributed by atoms with Gasteiger partial charge in [0.25, 0.3) is 0 Å². The first-order chi connectivity index (χ1) is 9.60. The summed E-state index contributed by atoms with van der Waals surface area (Å²) >= 11 is 1.87. The van der Waals surface area contributed by atoms with Gasteiger partial charge >= 0.3 is 0 Å². The Morgan fingerprint density at radius 1 is 1.35 bits per heavy atom. The van der Waals surface area contributed by atoms with Gasteiger partial charge in [-0.3, -0.25) is 9.59 Å². The molecule has 1 heterocycles. The second kappa shape index (κ2) is 5.24. The van der Waals surface area contributed by atoms with Crippen molar-refractivity contribution in [2.45, 2.75) is 62.3 Å². The lowest BCUT2D eigenvalue weighted by Crippen LogP contribution is -2.66. The second-order valence-corrected chi connectivity index (χ2v) is 7.73. The number of nitrogens with zero attached hydrogens (tertiary/aromatic N) is 1. The number of hydrogen-bond acceptors (Lipinski definition) is 3. The van der Waals surface area contributed by atoms with Crippen LogP contribution in [0.2, 0.25) is 0 Å². The summed E-state index contributed by atoms with van der Waals surface area (Å²) in [6, 6.07) is -0.508. The van der Waals surface area contributed by atoms with E-state index < -0.39 is 0 Å². The van der Waals surface area contributed by atoms with Gasteiger partial charge in [0.1, 0.15) is 12.1 Å². The van der Waals surface area contributed by atoms with Crippen molar-refractivity contribution in [3.63, 3.8) is 0 Å². The van der Waals surface area contributed by atoms with Crippen molar-refractivity contribution in [2.75, 3.05) is 12.8 Å². The second-order valence-electron chi connectivity index (χ2n) is 6.45. The lowest BCUT2D eigenvalue weighted by Gasteiger charge is -2.48. The third-order valence-electron chi connectivity index (χ3n) is 5.16. The predicted octanol–water partition coefficient (Wildman–Crippen LogP) is 1.79. The highest BCUT2D eigenvalue weighted by Gasteiger charge is 2.49. The average Bonchev–Trinajstić information content (AvgIpc) is 3.21. The Morgan fingerprint density at radius 3 is 2.50 bits per heavy atom. The first-order valence-corrected chi connectivity index (χ1v) is 8.99. The molecule has 2 saturated carbocycles. The molecule has 1 aliphatic heterocycles. The molecule has 2 amide bonds. The molecule has 3 fully saturated rings. The smallest absolute Gasteiger partial charge is 0.246 e. The quantitative estimate of drug-likeness (QED) is 0.841. The number of thioether (sulfide) groups is 1. The van der Waals surface area contributed by atoms with Crippen LogP contribution in [0.5, 0.6) is 0 Å². The Kier molecular flexibility index (Phi) is 3.73. The van der Waals surface area contributed by atoms with Crippen LogP contribution in [0.3, 0.4) is 0 Å². The molecule has 1 saturated heterocycles. The summed E-state index contributed by atoms with van der Waals surface area (Å²) in [6.45, 7) is 2.75. The van der Waals surface area contributed by atoms with Gasteiger partial charge in [0.15, 0.2) is 0 Å². The Labute approximate surface area is 125 Å². The van der Waals surface area contributed by atoms with Crippen LogP contribution in [0.25, 0.3) is 0 Å². The van der Waals surface area contributed by atoms with Crippen LogP contribution in [0.1, 0.15) is 45.4 Å². The molecule has 5 heteroatoms. The van der Waals surface area contributed by atoms with E-state index in [2.05, 4.69) is 11.6 Å². The van der Waals surface area contributed by atoms with Crippen molar-refractivity contribution in [1.82, 2.24) is 10.2 Å². The molecule has 3 rings (SSSR count). The maximum atomic E-state index is 12.8. The molecule has 0 aromatic heterocycles. The third kappa shape index (κ3) is 2.34. The third-order valence-corrected chi connectivity index (χ3v) is 6.57. The minimum absolute atomic E-state index is 0.0552. The van der Waals surface area contributed by atoms with Gasteiger partial charge in [0, 0.05) is 11.3 Å². The van der Waals surface area contributed by atoms with Gasteiger partial charge in [-0.15, -0.1) is 0 Å². The summed E-state index contributed by atoms with van der Waals surface area (Å²) in [7, 11) is 0. The van der Waals surface area contributed by atoms with Gasteiger partial charge in [0.05, 0.1) is 0 Å². The number of rotatable bonds is 5. The molecule has 20 heavy (non-hydrogen) atoms. The number of piperazine rings is 1. The molecule has 0 spiro atoms. The normalized spacial score (nSPS) is 32.8. The van der Waals surface area contributed by atoms with Gasteiger partial charge in [-0.25, -0.2) is 0 Å². The number of nitrogens with one attached hydrogen (secondary N) is 1. The van der Waals surface area contributed by atoms with E-state index in [0.29, 0.717) is 12.3 Å². The molecular formula is C15H24N2O2S. The highest BCUT2D eigenvalue weighted by molar-refractivity contribution is 8.00. The van der Waals surface area contributed by atoms with E-state index in [-0.39, 0.29) is 28.6 Å². The molecule has 0 radical (unpaired) electrons. The number of amides is 2. The number of carbonyl (C=O) groups excluding carboxylic acids is 2. The molecule has 3 aliphatic rings. The summed E-state index contributed by atoms with van der Waals surface area (Å²) in [5, 5.41) is 2.96. The zero-order valence-electron chi connectivity index (χ0n) is 12.4. The van der Waals surface area contributed by atoms with Crippen molar-refractivity contribution in [3.8, 4) is 0 Å². The fourth-order valence-electron chi connectivity index (χ4n) is 3.44. The van der Waals surface area contributed by atoms with E-state index in [1.165, 1.54) is 19.3 Å². The summed E-state index contributed by atoms with van der Waals surface area (Å²) in [5.74, 6) is 0.609. The van der Waals surface area contributed by atoms with Crippen molar-refractivity contribution in [3.05, 3.63) is 0 Å². The predicted molar refractivity (Wildman–Crippen MR) is 80.5 cm³/mol. The molecule has 0 bridgehead atoms. The fraction of sp³-hybridized carbons (Fsp3) is 0.867. The van der Waals surface area contributed by atoms with Crippen LogP contribution in [0.15, 0.2) is 0 Å². The molecule has 2 aliphatic carbocycles. The summed E-state index contributed by atoms with van der Waals surface area (Å²) in [5.41, 5.74) is 0. The van der Waals surface area contributed by atoms with Crippen LogP contribution in [0, 0.1) is 5.92 Å². The molecule has 0 aromatic rings. The summed E-state index contributed by atoms with van der Waals surface area (Å²) in [4.78, 5) is 27.0. The maximum Gasteiger partial charge on any atom is 0.246 e. The van der Waals surface area contributed by atoms with Crippen molar-refractivity contribution >= 4 is 23.6 Å². The Morgan fingerprint density at radius 2 is 2.05 bits per heavy atom. The molecule has 112 valence electrons. The largest absolute Gasteiger partial charge is 0.342 e. The lowest BCUT2D eigenvalue weighted by molar-refractivity contribution is -0.150. The van der Waals surface area contributed by atoms with E-state index in [0.717, 1.165) is 19.4 Å². The molecule has 2 unspecified atom stereocenters. The van der Waals surface area contributed by atoms with Crippen LogP contribution >= 0.6 is 11.8 Å². The van der Waals surface area contributed by atoms with E-state index in [1.54, 1.807) is 0 Å². The van der Waals surface area contributed by atoms with Crippen LogP contribution < -0.4 is 5.32 Å². The van der Waals surface area contributed by atoms with Gasteiger partial charge in [0.2, 0.25) is 11.8 Å². The maximum absolute atomic E-state index is 12.8. The minimum Gasteiger partial charge on any atom is -0.342 e. The highest BCUT2D eigenvalue weighted by Crippen LogP contribution is 2.44. The standard InChI is InChI=1S/C15H24N2O2S/c1-3-11-13(18)16-12(10-5-6-10)14(19)17(11)9-15(20-2)7-4-8-15/h10-12H,3-9H2,1-2H3,(H,16,18). The van der Waals surface area contributed by atoms with Gasteiger partial charge in [-0.2, -0.15) is 11.8 Å². The van der Waals surface area contributed by atoms with Gasteiger partial charge < -0.3 is 10.2 Å². The lowest BCUT2D eigenvalue weighted by atomic mass is 9.83. The molecule has 4 nitrogen and oxygen atoms in total. The Bertz CT molecular complexity index is 413. The number of carbonyl (C=O) groups is 2. The van der Waals surface area contributed by atoms with E-state index >= 15 is 0 Å². The average molecular weight is 296 g/mol. The first-order valence-electron chi connectivity index (χ1n) is 7.76. The molecule has 2 atom stereocenters. The van der Waals surface area contributed by atoms with E-state index in [4.69, 9.17) is 0 Å². The zero-order chi connectivity index (χ0) is 14.3. The van der Waals surface area contributed by atoms with Crippen LogP contribution in [-0.4, -0.2) is 46.3 Å². The molecular weight excluding hydrogens is 272 g/mol. The van der Waals surface area contributed by atoms with Crippen LogP contribution in [-0.2, 0) is 9.59 Å². The Hall–Kier alpha value is -0.710. The van der Waals surface area contributed by atoms with E-state index in [9.17, 15) is 9.59 Å². The van der Waals surface area contributed by atoms with Crippen molar-refractivity contribution < 1.29 is 9.59 Å². The van der Waals surface area contributed by atoms with Crippen molar-refractivity contribution in [1.29, 1.82) is 0 Å². The summed E-state index contributed by atoms with van der Waals surface area (Å²) < 4.78 is 0.203. The Balaban J connectivity index is 1.79. The monoisotopic (exact) mass is 296 g/mol. The van der Waals surface area contributed by atoms with E-state index in [1.807, 2.05) is 23.6 Å². The zero-order valence-corrected chi connectivity index (χ0v) is 13.2. The van der Waals surface area contributed by atoms with Crippen LogP contribution in [0.4, 0.5) is 0 Å². The van der Waals surface area contributed by atoms with Crippen molar-refractivity contribution in [2.24, 2.45) is 5.92 Å². The van der Waals surface area contributed by atoms with Gasteiger partial charge in [-0.1, -0.05) is 13.3 Å². The first kappa shape index (κ1) is 14.2. The fourth-order valence-corrected chi connectivity index (χ4v) is 4.40. The summed E-state index contributed by atoms with van der Waals surface area (Å²) in [6.07, 6.45) is 8.59. The molecule has 0 aromatic carbocycles. The molecule has 1 N–H and O–H groups in total. The SMILES string of the molecule is CCC1C(=O)NC(C2CC2)C(=O)N1CC1(SC)CCC1. The topological polar surface area (TPSA) is 49.4 Å². The number of hydrogen-bond donors (Lipinski definition) is 1. The minimum atomic E-state index is -0.262. The highest BCUT2D eigenvalue weighted by atomic mass is 32.2. The van der Waals surface area contributed by atoms with Gasteiger partial charge in [-0.05, 0) is 44.3 Å².